The second-order valence-corrected chi connectivity index (χ2v) is 14.2. The standard InChI is InChI=1S/C42H23NO4S/c44-48(45)38-18-6-3-11-34(38)39-29(33-15-8-14-32-28-10-2-5-17-37(28)47-42(32)33)21-22-30-26-20-19-24(23-35(26)43(48)40(30)39)25-12-7-13-31-27-9-1-4-16-36(27)46-41(25)31/h1-23H. The topological polar surface area (TPSA) is 65.3 Å². The van der Waals surface area contributed by atoms with Crippen LogP contribution in [0.25, 0.3) is 99.1 Å². The predicted octanol–water partition coefficient (Wildman–Crippen LogP) is 11.1. The molecule has 226 valence electrons. The average molecular weight is 638 g/mol. The van der Waals surface area contributed by atoms with E-state index in [0.717, 1.165) is 82.5 Å². The highest BCUT2D eigenvalue weighted by Crippen LogP contribution is 2.50. The van der Waals surface area contributed by atoms with Gasteiger partial charge >= 0.3 is 0 Å². The molecule has 7 aromatic carbocycles. The molecule has 0 N–H and O–H groups in total. The number of hydrogen-bond acceptors (Lipinski definition) is 4. The number of hydrogen-bond donors (Lipinski definition) is 0. The van der Waals surface area contributed by atoms with Gasteiger partial charge in [-0.1, -0.05) is 115 Å². The molecule has 0 amide bonds. The van der Waals surface area contributed by atoms with Crippen molar-refractivity contribution in [3.8, 4) is 33.4 Å². The second kappa shape index (κ2) is 9.03. The van der Waals surface area contributed by atoms with Crippen LogP contribution in [0.4, 0.5) is 0 Å². The molecule has 0 bridgehead atoms. The van der Waals surface area contributed by atoms with Gasteiger partial charge in [-0.3, -0.25) is 0 Å². The second-order valence-electron chi connectivity index (χ2n) is 12.4. The molecule has 0 aliphatic carbocycles. The number of benzene rings is 7. The Hall–Kier alpha value is -6.11. The molecule has 10 aromatic rings. The van der Waals surface area contributed by atoms with Crippen molar-refractivity contribution in [2.75, 3.05) is 0 Å². The Bertz CT molecular complexity index is 3140. The number of aromatic nitrogens is 1. The van der Waals surface area contributed by atoms with Crippen LogP contribution in [-0.2, 0) is 10.0 Å². The molecule has 6 heteroatoms. The van der Waals surface area contributed by atoms with E-state index in [1.807, 2.05) is 78.9 Å². The fourth-order valence-electron chi connectivity index (χ4n) is 7.91. The van der Waals surface area contributed by atoms with Crippen LogP contribution < -0.4 is 0 Å². The SMILES string of the molecule is O=S1(=O)c2ccccc2-c2c(-c3cccc4c3oc3ccccc34)ccc3c4ccc(-c5cccc6c5oc5ccccc56)cc4n1c23. The summed E-state index contributed by atoms with van der Waals surface area (Å²) >= 11 is 0. The van der Waals surface area contributed by atoms with Gasteiger partial charge in [0, 0.05) is 54.6 Å². The zero-order chi connectivity index (χ0) is 31.7. The van der Waals surface area contributed by atoms with E-state index < -0.39 is 10.0 Å². The van der Waals surface area contributed by atoms with Crippen molar-refractivity contribution < 1.29 is 17.3 Å². The van der Waals surface area contributed by atoms with E-state index in [0.29, 0.717) is 16.6 Å². The average Bonchev–Trinajstić information content (AvgIpc) is 3.80. The van der Waals surface area contributed by atoms with E-state index in [1.54, 1.807) is 16.1 Å². The summed E-state index contributed by atoms with van der Waals surface area (Å²) in [5.41, 5.74) is 9.71. The van der Waals surface area contributed by atoms with Gasteiger partial charge in [0.05, 0.1) is 15.9 Å². The molecule has 48 heavy (non-hydrogen) atoms. The number of rotatable bonds is 2. The summed E-state index contributed by atoms with van der Waals surface area (Å²) in [6.07, 6.45) is 0. The Kier molecular flexibility index (Phi) is 4.89. The van der Waals surface area contributed by atoms with Crippen molar-refractivity contribution in [3.05, 3.63) is 140 Å². The summed E-state index contributed by atoms with van der Waals surface area (Å²) in [6, 6.07) is 46.0. The molecule has 1 aliphatic heterocycles. The highest BCUT2D eigenvalue weighted by atomic mass is 32.2. The lowest BCUT2D eigenvalue weighted by Crippen LogP contribution is -2.18. The maximum absolute atomic E-state index is 14.6. The quantitative estimate of drug-likeness (QED) is 0.189. The van der Waals surface area contributed by atoms with Gasteiger partial charge in [-0.2, -0.15) is 0 Å². The molecular formula is C42H23NO4S. The molecule has 5 nitrogen and oxygen atoms in total. The summed E-state index contributed by atoms with van der Waals surface area (Å²) in [6.45, 7) is 0. The fraction of sp³-hybridized carbons (Fsp3) is 0. The minimum absolute atomic E-state index is 0.283. The zero-order valence-corrected chi connectivity index (χ0v) is 26.1. The third-order valence-electron chi connectivity index (χ3n) is 9.97. The molecule has 4 heterocycles. The first-order valence-corrected chi connectivity index (χ1v) is 17.3. The summed E-state index contributed by atoms with van der Waals surface area (Å²) < 4.78 is 43.7. The molecule has 0 fully saturated rings. The summed E-state index contributed by atoms with van der Waals surface area (Å²) in [4.78, 5) is 0.283. The molecule has 0 saturated heterocycles. The Morgan fingerprint density at radius 1 is 0.458 bits per heavy atom. The normalized spacial score (nSPS) is 13.8. The summed E-state index contributed by atoms with van der Waals surface area (Å²) in [5, 5.41) is 5.90. The molecule has 0 unspecified atom stereocenters. The maximum Gasteiger partial charge on any atom is 0.269 e. The van der Waals surface area contributed by atoms with E-state index in [-0.39, 0.29) is 4.90 Å². The molecular weight excluding hydrogens is 615 g/mol. The highest BCUT2D eigenvalue weighted by Gasteiger charge is 2.35. The van der Waals surface area contributed by atoms with Crippen molar-refractivity contribution in [1.82, 2.24) is 3.97 Å². The van der Waals surface area contributed by atoms with Gasteiger partial charge in [-0.25, -0.2) is 12.4 Å². The minimum atomic E-state index is -3.95. The fourth-order valence-corrected chi connectivity index (χ4v) is 9.65. The first-order chi connectivity index (χ1) is 23.6. The third-order valence-corrected chi connectivity index (χ3v) is 11.7. The number of furan rings is 2. The molecule has 1 aliphatic rings. The number of nitrogens with zero attached hydrogens (tertiary/aromatic N) is 1. The maximum atomic E-state index is 14.6. The Balaban J connectivity index is 1.26. The van der Waals surface area contributed by atoms with Crippen LogP contribution in [-0.4, -0.2) is 12.4 Å². The largest absolute Gasteiger partial charge is 0.455 e. The van der Waals surface area contributed by atoms with E-state index >= 15 is 0 Å². The molecule has 0 spiro atoms. The van der Waals surface area contributed by atoms with Gasteiger partial charge in [0.25, 0.3) is 10.0 Å². The molecule has 3 aromatic heterocycles. The smallest absolute Gasteiger partial charge is 0.269 e. The van der Waals surface area contributed by atoms with Crippen molar-refractivity contribution in [2.45, 2.75) is 4.90 Å². The third kappa shape index (κ3) is 3.22. The lowest BCUT2D eigenvalue weighted by molar-refractivity contribution is 0.590. The lowest BCUT2D eigenvalue weighted by Gasteiger charge is -2.23. The number of fused-ring (bicyclic) bond motifs is 11. The Morgan fingerprint density at radius 2 is 1.04 bits per heavy atom. The summed E-state index contributed by atoms with van der Waals surface area (Å²) in [5.74, 6) is 0. The monoisotopic (exact) mass is 637 g/mol. The zero-order valence-electron chi connectivity index (χ0n) is 25.3. The molecule has 0 atom stereocenters. The molecule has 0 radical (unpaired) electrons. The van der Waals surface area contributed by atoms with Crippen LogP contribution in [0.15, 0.2) is 153 Å². The first kappa shape index (κ1) is 26.0. The van der Waals surface area contributed by atoms with Gasteiger partial charge in [0.15, 0.2) is 0 Å². The lowest BCUT2D eigenvalue weighted by atomic mass is 9.91. The van der Waals surface area contributed by atoms with Gasteiger partial charge in [-0.15, -0.1) is 0 Å². The van der Waals surface area contributed by atoms with Gasteiger partial charge in [0.2, 0.25) is 0 Å². The van der Waals surface area contributed by atoms with Crippen LogP contribution in [0.5, 0.6) is 0 Å². The predicted molar refractivity (Wildman–Crippen MR) is 193 cm³/mol. The first-order valence-electron chi connectivity index (χ1n) is 15.9. The van der Waals surface area contributed by atoms with Crippen LogP contribution in [0.1, 0.15) is 0 Å². The van der Waals surface area contributed by atoms with Crippen LogP contribution in [0, 0.1) is 0 Å². The van der Waals surface area contributed by atoms with Crippen molar-refractivity contribution in [3.63, 3.8) is 0 Å². The van der Waals surface area contributed by atoms with E-state index in [2.05, 4.69) is 48.5 Å². The van der Waals surface area contributed by atoms with Crippen LogP contribution in [0.2, 0.25) is 0 Å². The minimum Gasteiger partial charge on any atom is -0.455 e. The van der Waals surface area contributed by atoms with Gasteiger partial charge in [-0.05, 0) is 35.4 Å². The Morgan fingerprint density at radius 3 is 1.79 bits per heavy atom. The van der Waals surface area contributed by atoms with Crippen molar-refractivity contribution in [1.29, 1.82) is 0 Å². The van der Waals surface area contributed by atoms with Crippen LogP contribution in [0.3, 0.4) is 0 Å². The number of para-hydroxylation sites is 4. The van der Waals surface area contributed by atoms with Gasteiger partial charge in [0.1, 0.15) is 22.3 Å². The molecule has 0 saturated carbocycles. The highest BCUT2D eigenvalue weighted by molar-refractivity contribution is 7.90. The van der Waals surface area contributed by atoms with E-state index in [1.165, 1.54) is 0 Å². The molecule has 11 rings (SSSR count). The summed E-state index contributed by atoms with van der Waals surface area (Å²) in [7, 11) is -3.95. The van der Waals surface area contributed by atoms with Crippen LogP contribution >= 0.6 is 0 Å². The van der Waals surface area contributed by atoms with E-state index in [4.69, 9.17) is 8.83 Å². The Labute approximate surface area is 273 Å². The van der Waals surface area contributed by atoms with Crippen molar-refractivity contribution in [2.24, 2.45) is 0 Å². The van der Waals surface area contributed by atoms with Crippen molar-refractivity contribution >= 4 is 75.7 Å². The van der Waals surface area contributed by atoms with E-state index in [9.17, 15) is 8.42 Å². The van der Waals surface area contributed by atoms with Gasteiger partial charge < -0.3 is 8.83 Å².